The number of nitrogens with one attached hydrogen (secondary N) is 1. The maximum absolute atomic E-state index is 12.1. The predicted molar refractivity (Wildman–Crippen MR) is 112 cm³/mol. The van der Waals surface area contributed by atoms with Gasteiger partial charge in [0.25, 0.3) is 0 Å². The normalized spacial score (nSPS) is 11.1. The molecule has 0 spiro atoms. The van der Waals surface area contributed by atoms with Crippen molar-refractivity contribution in [2.75, 3.05) is 18.9 Å². The number of carbonyl (C=O) groups excluding carboxylic acids is 1. The summed E-state index contributed by atoms with van der Waals surface area (Å²) < 4.78 is 12.1. The smallest absolute Gasteiger partial charge is 0.244 e. The van der Waals surface area contributed by atoms with Gasteiger partial charge in [-0.1, -0.05) is 17.4 Å². The minimum Gasteiger partial charge on any atom is -0.490 e. The highest BCUT2D eigenvalue weighted by Gasteiger charge is 2.07. The van der Waals surface area contributed by atoms with Crippen molar-refractivity contribution in [1.82, 2.24) is 10.4 Å². The molecule has 146 valence electrons. The van der Waals surface area contributed by atoms with Crippen LogP contribution in [-0.4, -0.2) is 30.3 Å². The first-order chi connectivity index (χ1) is 13.6. The molecule has 0 radical (unpaired) electrons. The molecule has 2 aromatic carbocycles. The molecule has 3 aromatic rings. The fourth-order valence-corrected chi connectivity index (χ4v) is 3.45. The summed E-state index contributed by atoms with van der Waals surface area (Å²) in [6.45, 7) is 4.92. The van der Waals surface area contributed by atoms with Gasteiger partial charge in [0.2, 0.25) is 5.91 Å². The average Bonchev–Trinajstić information content (AvgIpc) is 3.03. The number of hydrogen-bond donors (Lipinski definition) is 2. The Morgan fingerprint density at radius 3 is 2.75 bits per heavy atom. The lowest BCUT2D eigenvalue weighted by atomic mass is 10.1. The van der Waals surface area contributed by atoms with Crippen molar-refractivity contribution in [3.8, 4) is 11.5 Å². The number of amides is 1. The largest absolute Gasteiger partial charge is 0.490 e. The van der Waals surface area contributed by atoms with Gasteiger partial charge in [-0.15, -0.1) is 0 Å². The van der Waals surface area contributed by atoms with Gasteiger partial charge >= 0.3 is 0 Å². The van der Waals surface area contributed by atoms with Gasteiger partial charge in [0.15, 0.2) is 16.6 Å². The maximum atomic E-state index is 12.1. The van der Waals surface area contributed by atoms with Gasteiger partial charge in [-0.3, -0.25) is 4.79 Å². The van der Waals surface area contributed by atoms with Crippen LogP contribution in [0.1, 0.15) is 25.0 Å². The van der Waals surface area contributed by atoms with Gasteiger partial charge in [0.05, 0.1) is 36.1 Å². The van der Waals surface area contributed by atoms with E-state index < -0.39 is 0 Å². The third-order valence-electron chi connectivity index (χ3n) is 3.80. The molecule has 0 aliphatic rings. The van der Waals surface area contributed by atoms with E-state index in [1.165, 1.54) is 11.3 Å². The third-order valence-corrected chi connectivity index (χ3v) is 4.65. The van der Waals surface area contributed by atoms with E-state index in [2.05, 4.69) is 15.5 Å². The average molecular weight is 398 g/mol. The lowest BCUT2D eigenvalue weighted by Crippen LogP contribution is -2.19. The fourth-order valence-electron chi connectivity index (χ4n) is 2.65. The van der Waals surface area contributed by atoms with Crippen LogP contribution in [0.3, 0.4) is 0 Å². The first kappa shape index (κ1) is 19.6. The standard InChI is InChI=1S/C20H22N4O3S/c1-3-26-16-8-6-14(9-17(16)27-4-2)12-22-24-19(25)11-13-5-7-15-18(10-13)28-20(21)23-15/h5-10,12H,3-4,11H2,1-2H3,(H2,21,23)(H,24,25)/b22-12-. The Balaban J connectivity index is 1.61. The second-order valence-electron chi connectivity index (χ2n) is 5.90. The van der Waals surface area contributed by atoms with Crippen LogP contribution in [-0.2, 0) is 11.2 Å². The van der Waals surface area contributed by atoms with Crippen molar-refractivity contribution in [3.63, 3.8) is 0 Å². The Morgan fingerprint density at radius 1 is 1.18 bits per heavy atom. The number of hydrogen-bond acceptors (Lipinski definition) is 7. The van der Waals surface area contributed by atoms with Crippen molar-refractivity contribution >= 4 is 38.8 Å². The second kappa shape index (κ2) is 9.18. The van der Waals surface area contributed by atoms with Crippen LogP contribution >= 0.6 is 11.3 Å². The molecule has 0 aliphatic heterocycles. The van der Waals surface area contributed by atoms with Crippen molar-refractivity contribution in [2.45, 2.75) is 20.3 Å². The van der Waals surface area contributed by atoms with Gasteiger partial charge in [-0.2, -0.15) is 5.10 Å². The van der Waals surface area contributed by atoms with E-state index in [0.717, 1.165) is 21.3 Å². The van der Waals surface area contributed by atoms with Crippen molar-refractivity contribution in [3.05, 3.63) is 47.5 Å². The highest BCUT2D eigenvalue weighted by Crippen LogP contribution is 2.28. The molecule has 0 fully saturated rings. The molecule has 28 heavy (non-hydrogen) atoms. The molecule has 1 heterocycles. The molecule has 7 nitrogen and oxygen atoms in total. The molecule has 1 aromatic heterocycles. The van der Waals surface area contributed by atoms with Crippen LogP contribution in [0.15, 0.2) is 41.5 Å². The fraction of sp³-hybridized carbons (Fsp3) is 0.250. The number of thiazole rings is 1. The molecule has 1 amide bonds. The van der Waals surface area contributed by atoms with E-state index in [-0.39, 0.29) is 12.3 Å². The molecule has 3 N–H and O–H groups in total. The monoisotopic (exact) mass is 398 g/mol. The number of carbonyl (C=O) groups is 1. The lowest BCUT2D eigenvalue weighted by Gasteiger charge is -2.11. The van der Waals surface area contributed by atoms with Crippen LogP contribution in [0.25, 0.3) is 10.2 Å². The Morgan fingerprint density at radius 2 is 1.96 bits per heavy atom. The summed E-state index contributed by atoms with van der Waals surface area (Å²) in [6, 6.07) is 11.2. The Kier molecular flexibility index (Phi) is 6.44. The number of anilines is 1. The zero-order valence-electron chi connectivity index (χ0n) is 15.8. The summed E-state index contributed by atoms with van der Waals surface area (Å²) in [5.74, 6) is 1.13. The quantitative estimate of drug-likeness (QED) is 0.448. The molecule has 3 rings (SSSR count). The molecular formula is C20H22N4O3S. The zero-order chi connectivity index (χ0) is 19.9. The minimum atomic E-state index is -0.205. The summed E-state index contributed by atoms with van der Waals surface area (Å²) in [4.78, 5) is 16.4. The van der Waals surface area contributed by atoms with Gasteiger partial charge in [0, 0.05) is 0 Å². The first-order valence-electron chi connectivity index (χ1n) is 8.95. The summed E-state index contributed by atoms with van der Waals surface area (Å²) in [5.41, 5.74) is 10.8. The topological polar surface area (TPSA) is 98.8 Å². The number of nitrogens with zero attached hydrogens (tertiary/aromatic N) is 2. The van der Waals surface area contributed by atoms with E-state index in [1.54, 1.807) is 6.21 Å². The predicted octanol–water partition coefficient (Wildman–Crippen LogP) is 3.37. The number of rotatable bonds is 8. The molecule has 0 bridgehead atoms. The van der Waals surface area contributed by atoms with Crippen molar-refractivity contribution in [2.24, 2.45) is 5.10 Å². The number of hydrazone groups is 1. The number of ether oxygens (including phenoxy) is 2. The van der Waals surface area contributed by atoms with Gasteiger partial charge in [0.1, 0.15) is 0 Å². The van der Waals surface area contributed by atoms with Crippen LogP contribution in [0.4, 0.5) is 5.13 Å². The van der Waals surface area contributed by atoms with E-state index in [4.69, 9.17) is 15.2 Å². The van der Waals surface area contributed by atoms with Gasteiger partial charge in [-0.25, -0.2) is 10.4 Å². The SMILES string of the molecule is CCOc1ccc(/C=N\NC(=O)Cc2ccc3nc(N)sc3c2)cc1OCC. The number of benzene rings is 2. The van der Waals surface area contributed by atoms with E-state index in [9.17, 15) is 4.79 Å². The molecule has 0 saturated heterocycles. The summed E-state index contributed by atoms with van der Waals surface area (Å²) in [6.07, 6.45) is 1.79. The molecular weight excluding hydrogens is 376 g/mol. The van der Waals surface area contributed by atoms with E-state index in [0.29, 0.717) is 29.8 Å². The first-order valence-corrected chi connectivity index (χ1v) is 9.77. The van der Waals surface area contributed by atoms with Crippen molar-refractivity contribution < 1.29 is 14.3 Å². The van der Waals surface area contributed by atoms with Gasteiger partial charge in [-0.05, 0) is 55.3 Å². The van der Waals surface area contributed by atoms with Crippen LogP contribution in [0.5, 0.6) is 11.5 Å². The summed E-state index contributed by atoms with van der Waals surface area (Å²) >= 11 is 1.40. The van der Waals surface area contributed by atoms with E-state index in [1.807, 2.05) is 50.2 Å². The van der Waals surface area contributed by atoms with Crippen molar-refractivity contribution in [1.29, 1.82) is 0 Å². The Labute approximate surface area is 167 Å². The van der Waals surface area contributed by atoms with E-state index >= 15 is 0 Å². The second-order valence-corrected chi connectivity index (χ2v) is 6.96. The molecule has 0 saturated carbocycles. The molecule has 8 heteroatoms. The summed E-state index contributed by atoms with van der Waals surface area (Å²) in [5, 5.41) is 4.55. The minimum absolute atomic E-state index is 0.205. The van der Waals surface area contributed by atoms with Crippen LogP contribution in [0, 0.1) is 0 Å². The highest BCUT2D eigenvalue weighted by atomic mass is 32.1. The number of nitrogens with two attached hydrogens (primary N) is 1. The number of nitrogen functional groups attached to an aromatic ring is 1. The highest BCUT2D eigenvalue weighted by molar-refractivity contribution is 7.22. The molecule has 0 unspecified atom stereocenters. The summed E-state index contributed by atoms with van der Waals surface area (Å²) in [7, 11) is 0. The maximum Gasteiger partial charge on any atom is 0.244 e. The van der Waals surface area contributed by atoms with Crippen LogP contribution < -0.4 is 20.6 Å². The number of aromatic nitrogens is 1. The Hall–Kier alpha value is -3.13. The van der Waals surface area contributed by atoms with Gasteiger partial charge < -0.3 is 15.2 Å². The Bertz CT molecular complexity index is 1000. The lowest BCUT2D eigenvalue weighted by molar-refractivity contribution is -0.120. The molecule has 0 atom stereocenters. The zero-order valence-corrected chi connectivity index (χ0v) is 16.6. The molecule has 0 aliphatic carbocycles. The van der Waals surface area contributed by atoms with Crippen LogP contribution in [0.2, 0.25) is 0 Å². The number of fused-ring (bicyclic) bond motifs is 1. The third kappa shape index (κ3) is 4.98.